The Morgan fingerprint density at radius 3 is 2.09 bits per heavy atom. The van der Waals surface area contributed by atoms with Crippen LogP contribution in [0.3, 0.4) is 0 Å². The van der Waals surface area contributed by atoms with Gasteiger partial charge in [-0.15, -0.1) is 0 Å². The van der Waals surface area contributed by atoms with Crippen LogP contribution in [-0.2, 0) is 12.8 Å². The van der Waals surface area contributed by atoms with Crippen LogP contribution in [0.2, 0.25) is 0 Å². The number of fused-ring (bicyclic) bond motifs is 1. The van der Waals surface area contributed by atoms with Crippen molar-refractivity contribution >= 4 is 17.1 Å². The molecule has 1 aliphatic rings. The molecule has 4 rings (SSSR count). The quantitative estimate of drug-likeness (QED) is 0.577. The summed E-state index contributed by atoms with van der Waals surface area (Å²) in [6, 6.07) is 26.3. The number of hydrogen-bond donors (Lipinski definition) is 0. The normalized spacial score (nSPS) is 12.9. The van der Waals surface area contributed by atoms with Gasteiger partial charge in [0.15, 0.2) is 0 Å². The minimum atomic E-state index is 1.20. The Bertz CT molecular complexity index is 803. The summed E-state index contributed by atoms with van der Waals surface area (Å²) in [5, 5.41) is 0. The Morgan fingerprint density at radius 1 is 0.652 bits per heavy atom. The minimum Gasteiger partial charge on any atom is -0.310 e. The molecule has 0 saturated carbocycles. The standard InChI is InChI=1S/C22H21N/c1-17-10-13-21(14-11-17)23(20-8-3-2-4-9-20)22-15-12-18-6-5-7-19(18)16-22/h2-4,8-16H,5-7H2,1H3. The number of rotatable bonds is 3. The molecule has 114 valence electrons. The van der Waals surface area contributed by atoms with Gasteiger partial charge in [0.05, 0.1) is 0 Å². The fourth-order valence-corrected chi connectivity index (χ4v) is 3.42. The molecule has 0 aromatic heterocycles. The number of benzene rings is 3. The first-order valence-electron chi connectivity index (χ1n) is 8.35. The van der Waals surface area contributed by atoms with Crippen molar-refractivity contribution < 1.29 is 0 Å². The van der Waals surface area contributed by atoms with Crippen LogP contribution in [0.15, 0.2) is 72.8 Å². The van der Waals surface area contributed by atoms with E-state index in [1.165, 1.54) is 53.0 Å². The number of hydrogen-bond acceptors (Lipinski definition) is 1. The van der Waals surface area contributed by atoms with E-state index in [-0.39, 0.29) is 0 Å². The molecule has 0 N–H and O–H groups in total. The van der Waals surface area contributed by atoms with E-state index in [1.54, 1.807) is 0 Å². The summed E-state index contributed by atoms with van der Waals surface area (Å²) in [6.45, 7) is 2.13. The van der Waals surface area contributed by atoms with Crippen LogP contribution in [0.4, 0.5) is 17.1 Å². The first-order valence-corrected chi connectivity index (χ1v) is 8.35. The fourth-order valence-electron chi connectivity index (χ4n) is 3.42. The second-order valence-electron chi connectivity index (χ2n) is 6.31. The lowest BCUT2D eigenvalue weighted by Crippen LogP contribution is -2.10. The molecule has 0 aliphatic heterocycles. The maximum Gasteiger partial charge on any atom is 0.0464 e. The van der Waals surface area contributed by atoms with Gasteiger partial charge >= 0.3 is 0 Å². The maximum atomic E-state index is 2.37. The summed E-state index contributed by atoms with van der Waals surface area (Å²) in [6.07, 6.45) is 3.72. The van der Waals surface area contributed by atoms with Crippen molar-refractivity contribution in [2.45, 2.75) is 26.2 Å². The Labute approximate surface area is 138 Å². The van der Waals surface area contributed by atoms with E-state index < -0.39 is 0 Å². The number of para-hydroxylation sites is 1. The van der Waals surface area contributed by atoms with Crippen molar-refractivity contribution in [3.05, 3.63) is 89.5 Å². The molecule has 1 heteroatoms. The first-order chi connectivity index (χ1) is 11.3. The highest BCUT2D eigenvalue weighted by molar-refractivity contribution is 5.77. The molecular formula is C22H21N. The third kappa shape index (κ3) is 2.75. The largest absolute Gasteiger partial charge is 0.310 e. The minimum absolute atomic E-state index is 1.20. The summed E-state index contributed by atoms with van der Waals surface area (Å²) in [5.74, 6) is 0. The van der Waals surface area contributed by atoms with Gasteiger partial charge in [0.2, 0.25) is 0 Å². The molecule has 0 unspecified atom stereocenters. The molecule has 3 aromatic rings. The Balaban J connectivity index is 1.83. The van der Waals surface area contributed by atoms with Gasteiger partial charge in [0.25, 0.3) is 0 Å². The Morgan fingerprint density at radius 2 is 1.30 bits per heavy atom. The zero-order chi connectivity index (χ0) is 15.6. The SMILES string of the molecule is Cc1ccc(N(c2ccccc2)c2ccc3c(c2)CCC3)cc1. The van der Waals surface area contributed by atoms with Gasteiger partial charge in [-0.05, 0) is 73.7 Å². The summed E-state index contributed by atoms with van der Waals surface area (Å²) < 4.78 is 0. The van der Waals surface area contributed by atoms with E-state index in [4.69, 9.17) is 0 Å². The van der Waals surface area contributed by atoms with Crippen LogP contribution >= 0.6 is 0 Å². The van der Waals surface area contributed by atoms with Crippen LogP contribution in [0.1, 0.15) is 23.1 Å². The zero-order valence-corrected chi connectivity index (χ0v) is 13.5. The van der Waals surface area contributed by atoms with Crippen LogP contribution in [0.5, 0.6) is 0 Å². The average molecular weight is 299 g/mol. The third-order valence-electron chi connectivity index (χ3n) is 4.65. The van der Waals surface area contributed by atoms with E-state index in [1.807, 2.05) is 0 Å². The van der Waals surface area contributed by atoms with E-state index in [0.717, 1.165) is 0 Å². The molecule has 3 aromatic carbocycles. The van der Waals surface area contributed by atoms with Crippen molar-refractivity contribution in [3.63, 3.8) is 0 Å². The number of anilines is 3. The molecule has 23 heavy (non-hydrogen) atoms. The summed E-state index contributed by atoms with van der Waals surface area (Å²) in [5.41, 5.74) is 7.98. The predicted octanol–water partition coefficient (Wildman–Crippen LogP) is 5.95. The van der Waals surface area contributed by atoms with E-state index >= 15 is 0 Å². The van der Waals surface area contributed by atoms with Crippen molar-refractivity contribution in [2.75, 3.05) is 4.90 Å². The highest BCUT2D eigenvalue weighted by atomic mass is 15.1. The third-order valence-corrected chi connectivity index (χ3v) is 4.65. The van der Waals surface area contributed by atoms with Crippen LogP contribution in [0, 0.1) is 6.92 Å². The molecule has 0 spiro atoms. The van der Waals surface area contributed by atoms with Gasteiger partial charge in [-0.1, -0.05) is 42.0 Å². The van der Waals surface area contributed by atoms with Crippen molar-refractivity contribution in [2.24, 2.45) is 0 Å². The monoisotopic (exact) mass is 299 g/mol. The van der Waals surface area contributed by atoms with Gasteiger partial charge in [-0.25, -0.2) is 0 Å². The van der Waals surface area contributed by atoms with Gasteiger partial charge in [0, 0.05) is 17.1 Å². The van der Waals surface area contributed by atoms with Crippen LogP contribution < -0.4 is 4.90 Å². The smallest absolute Gasteiger partial charge is 0.0464 e. The van der Waals surface area contributed by atoms with Gasteiger partial charge in [-0.3, -0.25) is 0 Å². The lowest BCUT2D eigenvalue weighted by molar-refractivity contribution is 0.912. The van der Waals surface area contributed by atoms with Crippen molar-refractivity contribution in [3.8, 4) is 0 Å². The van der Waals surface area contributed by atoms with Crippen LogP contribution in [0.25, 0.3) is 0 Å². The highest BCUT2D eigenvalue weighted by Gasteiger charge is 2.16. The summed E-state index contributed by atoms with van der Waals surface area (Å²) in [7, 11) is 0. The lowest BCUT2D eigenvalue weighted by atomic mass is 10.1. The zero-order valence-electron chi connectivity index (χ0n) is 13.5. The molecule has 1 nitrogen and oxygen atoms in total. The first kappa shape index (κ1) is 14.1. The van der Waals surface area contributed by atoms with E-state index in [9.17, 15) is 0 Å². The molecular weight excluding hydrogens is 278 g/mol. The van der Waals surface area contributed by atoms with Crippen molar-refractivity contribution in [1.82, 2.24) is 0 Å². The molecule has 0 atom stereocenters. The maximum absolute atomic E-state index is 2.37. The highest BCUT2D eigenvalue weighted by Crippen LogP contribution is 2.36. The molecule has 0 bridgehead atoms. The molecule has 1 aliphatic carbocycles. The van der Waals surface area contributed by atoms with Crippen molar-refractivity contribution in [1.29, 1.82) is 0 Å². The topological polar surface area (TPSA) is 3.24 Å². The summed E-state index contributed by atoms with van der Waals surface area (Å²) in [4.78, 5) is 2.35. The molecule has 0 heterocycles. The Kier molecular flexibility index (Phi) is 3.63. The lowest BCUT2D eigenvalue weighted by Gasteiger charge is -2.26. The second kappa shape index (κ2) is 5.92. The molecule has 0 amide bonds. The second-order valence-corrected chi connectivity index (χ2v) is 6.31. The van der Waals surface area contributed by atoms with Crippen LogP contribution in [-0.4, -0.2) is 0 Å². The molecule has 0 radical (unpaired) electrons. The fraction of sp³-hybridized carbons (Fsp3) is 0.182. The van der Waals surface area contributed by atoms with Gasteiger partial charge < -0.3 is 4.90 Å². The van der Waals surface area contributed by atoms with Gasteiger partial charge in [-0.2, -0.15) is 0 Å². The average Bonchev–Trinajstić information content (AvgIpc) is 3.06. The van der Waals surface area contributed by atoms with Gasteiger partial charge in [0.1, 0.15) is 0 Å². The molecule has 0 fully saturated rings. The number of nitrogens with zero attached hydrogens (tertiary/aromatic N) is 1. The number of aryl methyl sites for hydroxylation is 3. The summed E-state index contributed by atoms with van der Waals surface area (Å²) >= 11 is 0. The predicted molar refractivity (Wildman–Crippen MR) is 97.9 cm³/mol. The van der Waals surface area contributed by atoms with E-state index in [2.05, 4.69) is 84.6 Å². The Hall–Kier alpha value is -2.54. The molecule has 0 saturated heterocycles. The van der Waals surface area contributed by atoms with E-state index in [0.29, 0.717) is 0 Å².